The first kappa shape index (κ1) is 18.9. The first-order chi connectivity index (χ1) is 13.1. The van der Waals surface area contributed by atoms with Crippen LogP contribution in [0.25, 0.3) is 0 Å². The molecule has 144 valence electrons. The molecular formula is C20H27N5O2. The first-order valence-corrected chi connectivity index (χ1v) is 9.35. The minimum Gasteiger partial charge on any atom is -0.495 e. The lowest BCUT2D eigenvalue weighted by Crippen LogP contribution is -2.45. The number of rotatable bonds is 6. The highest BCUT2D eigenvalue weighted by Crippen LogP contribution is 2.27. The van der Waals surface area contributed by atoms with E-state index in [1.165, 1.54) is 0 Å². The summed E-state index contributed by atoms with van der Waals surface area (Å²) in [7, 11) is 1.64. The lowest BCUT2D eigenvalue weighted by atomic mass is 9.97. The summed E-state index contributed by atoms with van der Waals surface area (Å²) in [5.74, 6) is 2.16. The van der Waals surface area contributed by atoms with Crippen molar-refractivity contribution in [2.75, 3.05) is 30.4 Å². The summed E-state index contributed by atoms with van der Waals surface area (Å²) in [4.78, 5) is 23.5. The largest absolute Gasteiger partial charge is 0.495 e. The molecule has 0 spiro atoms. The fourth-order valence-corrected chi connectivity index (χ4v) is 3.23. The topological polar surface area (TPSA) is 79.4 Å². The van der Waals surface area contributed by atoms with Crippen LogP contribution >= 0.6 is 0 Å². The van der Waals surface area contributed by atoms with Crippen LogP contribution in [0, 0.1) is 5.92 Å². The van der Waals surface area contributed by atoms with Crippen molar-refractivity contribution in [1.29, 1.82) is 0 Å². The van der Waals surface area contributed by atoms with Gasteiger partial charge in [-0.2, -0.15) is 4.98 Å². The molecule has 1 saturated heterocycles. The molecule has 1 aliphatic rings. The zero-order valence-corrected chi connectivity index (χ0v) is 16.1. The van der Waals surface area contributed by atoms with Crippen LogP contribution in [0.3, 0.4) is 0 Å². The summed E-state index contributed by atoms with van der Waals surface area (Å²) < 4.78 is 5.38. The molecule has 0 bridgehead atoms. The maximum atomic E-state index is 12.4. The summed E-state index contributed by atoms with van der Waals surface area (Å²) in [5, 5.41) is 6.29. The molecule has 1 amide bonds. The van der Waals surface area contributed by atoms with Crippen LogP contribution in [0.2, 0.25) is 0 Å². The molecule has 1 aliphatic heterocycles. The highest BCUT2D eigenvalue weighted by molar-refractivity contribution is 5.79. The number of hydrogen-bond donors (Lipinski definition) is 2. The number of carbonyl (C=O) groups is 1. The van der Waals surface area contributed by atoms with Crippen molar-refractivity contribution in [1.82, 2.24) is 15.3 Å². The highest BCUT2D eigenvalue weighted by Gasteiger charge is 2.27. The lowest BCUT2D eigenvalue weighted by Gasteiger charge is -2.32. The van der Waals surface area contributed by atoms with Gasteiger partial charge in [0.1, 0.15) is 11.6 Å². The number of nitrogens with zero attached hydrogens (tertiary/aromatic N) is 3. The fourth-order valence-electron chi connectivity index (χ4n) is 3.23. The van der Waals surface area contributed by atoms with Crippen LogP contribution in [0.4, 0.5) is 17.5 Å². The normalized spacial score (nSPS) is 16.9. The quantitative estimate of drug-likeness (QED) is 0.815. The summed E-state index contributed by atoms with van der Waals surface area (Å²) in [6, 6.07) is 9.67. The van der Waals surface area contributed by atoms with E-state index < -0.39 is 0 Å². The smallest absolute Gasteiger partial charge is 0.227 e. The number of anilines is 3. The third-order valence-electron chi connectivity index (χ3n) is 4.52. The van der Waals surface area contributed by atoms with Gasteiger partial charge in [-0.05, 0) is 44.9 Å². The third-order valence-corrected chi connectivity index (χ3v) is 4.52. The van der Waals surface area contributed by atoms with Crippen LogP contribution in [0.15, 0.2) is 36.5 Å². The Labute approximate surface area is 160 Å². The zero-order valence-electron chi connectivity index (χ0n) is 16.1. The Morgan fingerprint density at radius 1 is 1.30 bits per heavy atom. The van der Waals surface area contributed by atoms with Crippen LogP contribution < -0.4 is 20.3 Å². The molecule has 2 N–H and O–H groups in total. The van der Waals surface area contributed by atoms with E-state index in [-0.39, 0.29) is 17.9 Å². The molecule has 3 rings (SSSR count). The Kier molecular flexibility index (Phi) is 6.11. The second-order valence-electron chi connectivity index (χ2n) is 7.02. The molecule has 0 saturated carbocycles. The molecule has 1 atom stereocenters. The molecule has 1 aromatic carbocycles. The van der Waals surface area contributed by atoms with Crippen LogP contribution in [0.1, 0.15) is 26.7 Å². The van der Waals surface area contributed by atoms with E-state index in [1.807, 2.05) is 44.2 Å². The predicted octanol–water partition coefficient (Wildman–Crippen LogP) is 2.97. The molecule has 2 aromatic rings. The van der Waals surface area contributed by atoms with Crippen molar-refractivity contribution in [3.8, 4) is 5.75 Å². The maximum Gasteiger partial charge on any atom is 0.227 e. The number of amides is 1. The number of hydrogen-bond acceptors (Lipinski definition) is 6. The van der Waals surface area contributed by atoms with Crippen molar-refractivity contribution in [2.24, 2.45) is 5.92 Å². The van der Waals surface area contributed by atoms with Crippen molar-refractivity contribution >= 4 is 23.4 Å². The molecule has 1 fully saturated rings. The number of piperidine rings is 1. The predicted molar refractivity (Wildman–Crippen MR) is 107 cm³/mol. The molecule has 1 unspecified atom stereocenters. The molecule has 0 radical (unpaired) electrons. The Bertz CT molecular complexity index is 780. The van der Waals surface area contributed by atoms with Crippen LogP contribution in [-0.2, 0) is 4.79 Å². The number of carbonyl (C=O) groups excluding carboxylic acids is 1. The number of benzene rings is 1. The van der Waals surface area contributed by atoms with Gasteiger partial charge in [0, 0.05) is 25.3 Å². The highest BCUT2D eigenvalue weighted by atomic mass is 16.5. The summed E-state index contributed by atoms with van der Waals surface area (Å²) in [5.41, 5.74) is 0.845. The molecular weight excluding hydrogens is 342 g/mol. The lowest BCUT2D eigenvalue weighted by molar-refractivity contribution is -0.125. The minimum absolute atomic E-state index is 0.0319. The summed E-state index contributed by atoms with van der Waals surface area (Å²) in [6.07, 6.45) is 3.58. The second-order valence-corrected chi connectivity index (χ2v) is 7.02. The Morgan fingerprint density at radius 2 is 2.11 bits per heavy atom. The van der Waals surface area contributed by atoms with E-state index >= 15 is 0 Å². The Balaban J connectivity index is 1.72. The van der Waals surface area contributed by atoms with Gasteiger partial charge in [-0.15, -0.1) is 0 Å². The number of aromatic nitrogens is 2. The van der Waals surface area contributed by atoms with Crippen LogP contribution in [0.5, 0.6) is 5.75 Å². The monoisotopic (exact) mass is 369 g/mol. The fraction of sp³-hybridized carbons (Fsp3) is 0.450. The summed E-state index contributed by atoms with van der Waals surface area (Å²) in [6.45, 7) is 5.45. The first-order valence-electron chi connectivity index (χ1n) is 9.35. The Hall–Kier alpha value is -2.83. The van der Waals surface area contributed by atoms with Crippen molar-refractivity contribution < 1.29 is 9.53 Å². The second kappa shape index (κ2) is 8.70. The molecule has 27 heavy (non-hydrogen) atoms. The molecule has 7 nitrogen and oxygen atoms in total. The van der Waals surface area contributed by atoms with E-state index in [9.17, 15) is 4.79 Å². The summed E-state index contributed by atoms with van der Waals surface area (Å²) >= 11 is 0. The number of methoxy groups -OCH3 is 1. The molecule has 0 aliphatic carbocycles. The van der Waals surface area contributed by atoms with E-state index in [0.717, 1.165) is 30.8 Å². The van der Waals surface area contributed by atoms with E-state index in [4.69, 9.17) is 4.74 Å². The molecule has 1 aromatic heterocycles. The van der Waals surface area contributed by atoms with Gasteiger partial charge < -0.3 is 20.3 Å². The van der Waals surface area contributed by atoms with Gasteiger partial charge in [-0.25, -0.2) is 4.98 Å². The minimum atomic E-state index is -0.0319. The van der Waals surface area contributed by atoms with Gasteiger partial charge in [0.05, 0.1) is 18.7 Å². The van der Waals surface area contributed by atoms with E-state index in [0.29, 0.717) is 18.3 Å². The Morgan fingerprint density at radius 3 is 2.89 bits per heavy atom. The standard InChI is InChI=1S/C20H27N5O2/c1-14(2)22-19(26)15-7-6-12-25(13-15)20-21-11-10-18(24-20)23-16-8-4-5-9-17(16)27-3/h4-5,8-11,14-15H,6-7,12-13H2,1-3H3,(H,22,26)(H,21,23,24). The van der Waals surface area contributed by atoms with Crippen LogP contribution in [-0.4, -0.2) is 42.1 Å². The van der Waals surface area contributed by atoms with Gasteiger partial charge in [0.15, 0.2) is 0 Å². The van der Waals surface area contributed by atoms with Gasteiger partial charge in [-0.3, -0.25) is 4.79 Å². The number of nitrogens with one attached hydrogen (secondary N) is 2. The maximum absolute atomic E-state index is 12.4. The number of para-hydroxylation sites is 2. The SMILES string of the molecule is COc1ccccc1Nc1ccnc(N2CCCC(C(=O)NC(C)C)C2)n1. The van der Waals surface area contributed by atoms with Crippen molar-refractivity contribution in [2.45, 2.75) is 32.7 Å². The zero-order chi connectivity index (χ0) is 19.2. The average Bonchev–Trinajstić information content (AvgIpc) is 2.68. The molecule has 7 heteroatoms. The average molecular weight is 369 g/mol. The van der Waals surface area contributed by atoms with Crippen molar-refractivity contribution in [3.05, 3.63) is 36.5 Å². The van der Waals surface area contributed by atoms with Gasteiger partial charge >= 0.3 is 0 Å². The third kappa shape index (κ3) is 4.87. The number of ether oxygens (including phenoxy) is 1. The van der Waals surface area contributed by atoms with Gasteiger partial charge in [0.2, 0.25) is 11.9 Å². The van der Waals surface area contributed by atoms with Crippen molar-refractivity contribution in [3.63, 3.8) is 0 Å². The van der Waals surface area contributed by atoms with Gasteiger partial charge in [-0.1, -0.05) is 12.1 Å². The molecule has 2 heterocycles. The van der Waals surface area contributed by atoms with E-state index in [2.05, 4.69) is 25.5 Å². The van der Waals surface area contributed by atoms with E-state index in [1.54, 1.807) is 13.3 Å². The van der Waals surface area contributed by atoms with Gasteiger partial charge in [0.25, 0.3) is 0 Å².